The first kappa shape index (κ1) is 19.8. The van der Waals surface area contributed by atoms with Crippen molar-refractivity contribution in [2.24, 2.45) is 0 Å². The number of H-pyrrole nitrogens is 2. The zero-order valence-electron chi connectivity index (χ0n) is 16.5. The van der Waals surface area contributed by atoms with Crippen molar-refractivity contribution in [3.8, 4) is 17.2 Å². The van der Waals surface area contributed by atoms with Gasteiger partial charge in [0.25, 0.3) is 6.47 Å². The molecule has 0 spiro atoms. The molecule has 0 aliphatic rings. The number of aromatic amines is 2. The molecule has 9 nitrogen and oxygen atoms in total. The maximum absolute atomic E-state index is 8.36. The highest BCUT2D eigenvalue weighted by Crippen LogP contribution is 2.30. The fraction of sp³-hybridized carbons (Fsp3) is 0.0455. The van der Waals surface area contributed by atoms with Gasteiger partial charge < -0.3 is 29.9 Å². The summed E-state index contributed by atoms with van der Waals surface area (Å²) >= 11 is 0. The number of carbonyl (C=O) groups is 1. The molecule has 31 heavy (non-hydrogen) atoms. The number of rotatable bonds is 5. The van der Waals surface area contributed by atoms with Crippen LogP contribution in [0.2, 0.25) is 0 Å². The Morgan fingerprint density at radius 1 is 1.10 bits per heavy atom. The van der Waals surface area contributed by atoms with E-state index in [0.29, 0.717) is 5.95 Å². The van der Waals surface area contributed by atoms with Crippen LogP contribution in [0.25, 0.3) is 22.1 Å². The van der Waals surface area contributed by atoms with Crippen molar-refractivity contribution < 1.29 is 19.4 Å². The van der Waals surface area contributed by atoms with Crippen LogP contribution < -0.4 is 14.8 Å². The second-order valence-corrected chi connectivity index (χ2v) is 6.35. The van der Waals surface area contributed by atoms with Gasteiger partial charge in [-0.1, -0.05) is 18.2 Å². The predicted molar refractivity (Wildman–Crippen MR) is 117 cm³/mol. The Balaban J connectivity index is 0.000000730. The molecule has 0 radical (unpaired) electrons. The molecule has 5 rings (SSSR count). The van der Waals surface area contributed by atoms with E-state index < -0.39 is 0 Å². The van der Waals surface area contributed by atoms with Gasteiger partial charge in [0.2, 0.25) is 5.95 Å². The lowest BCUT2D eigenvalue weighted by atomic mass is 10.3. The quantitative estimate of drug-likeness (QED) is 0.306. The summed E-state index contributed by atoms with van der Waals surface area (Å²) in [6.45, 7) is -0.250. The van der Waals surface area contributed by atoms with Crippen molar-refractivity contribution in [2.75, 3.05) is 12.4 Å². The van der Waals surface area contributed by atoms with E-state index in [1.165, 1.54) is 0 Å². The second kappa shape index (κ2) is 8.87. The summed E-state index contributed by atoms with van der Waals surface area (Å²) in [5.41, 5.74) is 4.15. The van der Waals surface area contributed by atoms with E-state index in [2.05, 4.69) is 25.3 Å². The van der Waals surface area contributed by atoms with Crippen LogP contribution in [0.1, 0.15) is 0 Å². The zero-order chi connectivity index (χ0) is 21.6. The Morgan fingerprint density at radius 3 is 2.68 bits per heavy atom. The number of pyridine rings is 1. The highest BCUT2D eigenvalue weighted by atomic mass is 16.5. The molecule has 0 aliphatic carbocycles. The molecule has 0 bridgehead atoms. The van der Waals surface area contributed by atoms with Crippen LogP contribution >= 0.6 is 0 Å². The summed E-state index contributed by atoms with van der Waals surface area (Å²) in [6, 6.07) is 17.2. The van der Waals surface area contributed by atoms with E-state index in [-0.39, 0.29) is 6.47 Å². The summed E-state index contributed by atoms with van der Waals surface area (Å²) in [7, 11) is 1.64. The van der Waals surface area contributed by atoms with E-state index in [4.69, 9.17) is 19.4 Å². The maximum Gasteiger partial charge on any atom is 0.290 e. The molecule has 0 unspecified atom stereocenters. The number of benzene rings is 2. The lowest BCUT2D eigenvalue weighted by molar-refractivity contribution is -0.122. The monoisotopic (exact) mass is 417 g/mol. The third kappa shape index (κ3) is 4.25. The number of anilines is 2. The SMILES string of the molecule is COc1ccnc2c(Nc3nc4ccc(Oc5ccccc5)cc4[nH]3)c[nH]c12.O=CO. The lowest BCUT2D eigenvalue weighted by Gasteiger charge is -2.04. The van der Waals surface area contributed by atoms with Crippen LogP contribution in [0.5, 0.6) is 17.2 Å². The van der Waals surface area contributed by atoms with Gasteiger partial charge in [0, 0.05) is 24.5 Å². The molecule has 0 aliphatic heterocycles. The summed E-state index contributed by atoms with van der Waals surface area (Å²) < 4.78 is 11.3. The first-order valence-electron chi connectivity index (χ1n) is 9.29. The van der Waals surface area contributed by atoms with Crippen LogP contribution in [0.15, 0.2) is 67.0 Å². The van der Waals surface area contributed by atoms with E-state index in [1.807, 2.05) is 60.8 Å². The molecular weight excluding hydrogens is 398 g/mol. The number of imidazole rings is 1. The number of nitrogens with one attached hydrogen (secondary N) is 3. The van der Waals surface area contributed by atoms with Crippen molar-refractivity contribution in [2.45, 2.75) is 0 Å². The van der Waals surface area contributed by atoms with Crippen LogP contribution in [0.4, 0.5) is 11.6 Å². The number of nitrogens with zero attached hydrogens (tertiary/aromatic N) is 2. The first-order chi connectivity index (χ1) is 15.2. The van der Waals surface area contributed by atoms with Gasteiger partial charge in [-0.05, 0) is 24.3 Å². The van der Waals surface area contributed by atoms with Gasteiger partial charge in [-0.15, -0.1) is 0 Å². The fourth-order valence-corrected chi connectivity index (χ4v) is 3.13. The smallest absolute Gasteiger partial charge is 0.290 e. The summed E-state index contributed by atoms with van der Waals surface area (Å²) in [4.78, 5) is 23.8. The largest absolute Gasteiger partial charge is 0.494 e. The zero-order valence-corrected chi connectivity index (χ0v) is 16.5. The van der Waals surface area contributed by atoms with Gasteiger partial charge in [-0.2, -0.15) is 0 Å². The Morgan fingerprint density at radius 2 is 1.90 bits per heavy atom. The number of hydrogen-bond donors (Lipinski definition) is 4. The minimum Gasteiger partial charge on any atom is -0.494 e. The van der Waals surface area contributed by atoms with Crippen LogP contribution in [-0.4, -0.2) is 38.6 Å². The van der Waals surface area contributed by atoms with Crippen molar-refractivity contribution in [1.29, 1.82) is 0 Å². The topological polar surface area (TPSA) is 125 Å². The normalized spacial score (nSPS) is 10.4. The Hall–Kier alpha value is -4.53. The van der Waals surface area contributed by atoms with Gasteiger partial charge in [-0.25, -0.2) is 4.98 Å². The van der Waals surface area contributed by atoms with E-state index >= 15 is 0 Å². The number of fused-ring (bicyclic) bond motifs is 2. The number of aromatic nitrogens is 4. The number of ether oxygens (including phenoxy) is 2. The number of carboxylic acid groups (broad SMARTS) is 1. The van der Waals surface area contributed by atoms with Gasteiger partial charge in [0.05, 0.1) is 23.8 Å². The number of para-hydroxylation sites is 1. The molecule has 2 aromatic carbocycles. The molecular formula is C22H19N5O4. The summed E-state index contributed by atoms with van der Waals surface area (Å²) in [5.74, 6) is 2.90. The summed E-state index contributed by atoms with van der Waals surface area (Å²) in [5, 5.41) is 10.2. The molecule has 0 saturated heterocycles. The standard InChI is InChI=1S/C21H17N5O2.CH2O2/c1-27-18-9-10-22-19-17(12-23-20(18)19)26-21-24-15-8-7-14(11-16(15)25-21)28-13-5-3-2-4-6-13;2-1-3/h2-12,23H,1H3,(H2,24,25,26);1H,(H,2,3). The van der Waals surface area contributed by atoms with Crippen molar-refractivity contribution >= 4 is 40.2 Å². The van der Waals surface area contributed by atoms with E-state index in [9.17, 15) is 0 Å². The molecule has 0 atom stereocenters. The molecule has 156 valence electrons. The molecule has 0 fully saturated rings. The Bertz CT molecular complexity index is 1310. The highest BCUT2D eigenvalue weighted by molar-refractivity contribution is 5.94. The minimum atomic E-state index is -0.250. The fourth-order valence-electron chi connectivity index (χ4n) is 3.13. The Kier molecular flexibility index (Phi) is 5.66. The molecule has 4 N–H and O–H groups in total. The van der Waals surface area contributed by atoms with Crippen molar-refractivity contribution in [3.05, 3.63) is 67.0 Å². The van der Waals surface area contributed by atoms with Crippen molar-refractivity contribution in [3.63, 3.8) is 0 Å². The number of hydrogen-bond acceptors (Lipinski definition) is 6. The molecule has 3 heterocycles. The molecule has 0 saturated carbocycles. The van der Waals surface area contributed by atoms with E-state index in [0.717, 1.165) is 45.0 Å². The molecule has 9 heteroatoms. The first-order valence-corrected chi connectivity index (χ1v) is 9.29. The maximum atomic E-state index is 8.36. The second-order valence-electron chi connectivity index (χ2n) is 6.35. The minimum absolute atomic E-state index is 0.250. The average molecular weight is 417 g/mol. The van der Waals surface area contributed by atoms with E-state index in [1.54, 1.807) is 13.3 Å². The van der Waals surface area contributed by atoms with Crippen LogP contribution in [0.3, 0.4) is 0 Å². The molecule has 3 aromatic heterocycles. The number of methoxy groups -OCH3 is 1. The van der Waals surface area contributed by atoms with Gasteiger partial charge in [-0.3, -0.25) is 9.78 Å². The predicted octanol–water partition coefficient (Wildman–Crippen LogP) is 4.68. The third-order valence-electron chi connectivity index (χ3n) is 4.43. The third-order valence-corrected chi connectivity index (χ3v) is 4.43. The van der Waals surface area contributed by atoms with Gasteiger partial charge >= 0.3 is 0 Å². The van der Waals surface area contributed by atoms with Gasteiger partial charge in [0.1, 0.15) is 28.3 Å². The molecule has 5 aromatic rings. The molecule has 0 amide bonds. The van der Waals surface area contributed by atoms with Gasteiger partial charge in [0.15, 0.2) is 0 Å². The van der Waals surface area contributed by atoms with Crippen LogP contribution in [0, 0.1) is 0 Å². The Labute approximate surface area is 176 Å². The average Bonchev–Trinajstić information content (AvgIpc) is 3.38. The van der Waals surface area contributed by atoms with Crippen LogP contribution in [-0.2, 0) is 4.79 Å². The summed E-state index contributed by atoms with van der Waals surface area (Å²) in [6.07, 6.45) is 3.56. The van der Waals surface area contributed by atoms with Crippen molar-refractivity contribution in [1.82, 2.24) is 19.9 Å². The highest BCUT2D eigenvalue weighted by Gasteiger charge is 2.11. The lowest BCUT2D eigenvalue weighted by Crippen LogP contribution is -1.92.